The van der Waals surface area contributed by atoms with Gasteiger partial charge in [-0.15, -0.1) is 0 Å². The Morgan fingerprint density at radius 2 is 1.91 bits per heavy atom. The van der Waals surface area contributed by atoms with Crippen LogP contribution in [-0.2, 0) is 14.3 Å². The molecular formula is C24H31N3O5. The Bertz CT molecular complexity index is 953. The number of amides is 2. The zero-order valence-corrected chi connectivity index (χ0v) is 19.4. The molecular weight excluding hydrogens is 410 g/mol. The lowest BCUT2D eigenvalue weighted by atomic mass is 9.93. The van der Waals surface area contributed by atoms with E-state index in [0.29, 0.717) is 35.6 Å². The fourth-order valence-corrected chi connectivity index (χ4v) is 3.67. The molecule has 8 heteroatoms. The summed E-state index contributed by atoms with van der Waals surface area (Å²) in [7, 11) is 0. The summed E-state index contributed by atoms with van der Waals surface area (Å²) in [6.45, 7) is 10.5. The summed E-state index contributed by atoms with van der Waals surface area (Å²) in [4.78, 5) is 39.1. The number of carbonyl (C=O) groups is 3. The first-order valence-corrected chi connectivity index (χ1v) is 11.0. The fourth-order valence-electron chi connectivity index (χ4n) is 3.67. The number of benzene rings is 1. The standard InChI is InChI=1S/C24H31N3O5/c1-6-31-22(29)18-8-7-9-19(15-18)27-21(28)20(16(2)25-27)14-17-10-12-26(13-11-17)23(30)32-24(3,4)5/h7-9,14-15,17H,6,10-13H2,1-5H3/b20-14-. The SMILES string of the molecule is CCOC(=O)c1cccc(N2N=C(C)/C(=C/C3CCN(C(=O)OC(C)(C)C)CC3)C2=O)c1. The van der Waals surface area contributed by atoms with Gasteiger partial charge in [0, 0.05) is 13.1 Å². The summed E-state index contributed by atoms with van der Waals surface area (Å²) >= 11 is 0. The monoisotopic (exact) mass is 441 g/mol. The molecule has 0 atom stereocenters. The molecule has 0 N–H and O–H groups in total. The quantitative estimate of drug-likeness (QED) is 0.517. The maximum absolute atomic E-state index is 13.1. The summed E-state index contributed by atoms with van der Waals surface area (Å²) in [5.74, 6) is -0.490. The van der Waals surface area contributed by atoms with E-state index in [1.54, 1.807) is 43.0 Å². The third-order valence-electron chi connectivity index (χ3n) is 5.26. The summed E-state index contributed by atoms with van der Waals surface area (Å²) in [6, 6.07) is 6.69. The van der Waals surface area contributed by atoms with Crippen LogP contribution in [0.25, 0.3) is 0 Å². The van der Waals surface area contributed by atoms with E-state index in [1.165, 1.54) is 5.01 Å². The molecule has 1 fully saturated rings. The molecule has 0 bridgehead atoms. The van der Waals surface area contributed by atoms with E-state index in [-0.39, 0.29) is 24.5 Å². The first kappa shape index (κ1) is 23.5. The van der Waals surface area contributed by atoms with Gasteiger partial charge in [-0.05, 0) is 71.6 Å². The topological polar surface area (TPSA) is 88.5 Å². The molecule has 172 valence electrons. The number of likely N-dealkylation sites (tertiary alicyclic amines) is 1. The van der Waals surface area contributed by atoms with Crippen LogP contribution in [0.1, 0.15) is 57.8 Å². The van der Waals surface area contributed by atoms with E-state index in [4.69, 9.17) is 9.47 Å². The highest BCUT2D eigenvalue weighted by atomic mass is 16.6. The Morgan fingerprint density at radius 3 is 2.53 bits per heavy atom. The zero-order chi connectivity index (χ0) is 23.5. The van der Waals surface area contributed by atoms with Crippen LogP contribution in [0.15, 0.2) is 41.0 Å². The van der Waals surface area contributed by atoms with E-state index in [1.807, 2.05) is 26.8 Å². The molecule has 0 aliphatic carbocycles. The zero-order valence-electron chi connectivity index (χ0n) is 19.4. The number of carbonyl (C=O) groups excluding carboxylic acids is 3. The highest BCUT2D eigenvalue weighted by Gasteiger charge is 2.32. The number of esters is 1. The smallest absolute Gasteiger partial charge is 0.410 e. The number of hydrogen-bond donors (Lipinski definition) is 0. The van der Waals surface area contributed by atoms with Crippen LogP contribution < -0.4 is 5.01 Å². The second-order valence-electron chi connectivity index (χ2n) is 8.96. The normalized spacial score (nSPS) is 18.7. The van der Waals surface area contributed by atoms with Gasteiger partial charge in [0.2, 0.25) is 0 Å². The molecule has 0 aromatic heterocycles. The largest absolute Gasteiger partial charge is 0.462 e. The maximum Gasteiger partial charge on any atom is 0.410 e. The van der Waals surface area contributed by atoms with E-state index in [9.17, 15) is 14.4 Å². The molecule has 1 aromatic rings. The van der Waals surface area contributed by atoms with Crippen molar-refractivity contribution in [2.24, 2.45) is 11.0 Å². The third-order valence-corrected chi connectivity index (χ3v) is 5.26. The predicted molar refractivity (Wildman–Crippen MR) is 122 cm³/mol. The highest BCUT2D eigenvalue weighted by molar-refractivity contribution is 6.29. The minimum Gasteiger partial charge on any atom is -0.462 e. The second kappa shape index (κ2) is 9.54. The summed E-state index contributed by atoms with van der Waals surface area (Å²) in [6.07, 6.45) is 3.16. The van der Waals surface area contributed by atoms with Gasteiger partial charge in [-0.2, -0.15) is 10.1 Å². The van der Waals surface area contributed by atoms with Crippen molar-refractivity contribution >= 4 is 29.4 Å². The van der Waals surface area contributed by atoms with Crippen LogP contribution in [0.2, 0.25) is 0 Å². The Kier molecular flexibility index (Phi) is 7.01. The minimum absolute atomic E-state index is 0.170. The van der Waals surface area contributed by atoms with Gasteiger partial charge in [-0.25, -0.2) is 9.59 Å². The van der Waals surface area contributed by atoms with Gasteiger partial charge < -0.3 is 14.4 Å². The third kappa shape index (κ3) is 5.55. The van der Waals surface area contributed by atoms with Crippen molar-refractivity contribution in [2.75, 3.05) is 24.7 Å². The average Bonchev–Trinajstić information content (AvgIpc) is 3.01. The van der Waals surface area contributed by atoms with E-state index < -0.39 is 11.6 Å². The predicted octanol–water partition coefficient (Wildman–Crippen LogP) is 4.16. The molecule has 3 rings (SSSR count). The van der Waals surface area contributed by atoms with E-state index in [0.717, 1.165) is 12.8 Å². The second-order valence-corrected chi connectivity index (χ2v) is 8.96. The molecule has 2 heterocycles. The van der Waals surface area contributed by atoms with Crippen LogP contribution in [0.4, 0.5) is 10.5 Å². The van der Waals surface area contributed by atoms with Crippen molar-refractivity contribution in [3.8, 4) is 0 Å². The lowest BCUT2D eigenvalue weighted by molar-refractivity contribution is -0.114. The summed E-state index contributed by atoms with van der Waals surface area (Å²) < 4.78 is 10.5. The molecule has 2 amide bonds. The minimum atomic E-state index is -0.520. The first-order chi connectivity index (χ1) is 15.1. The number of hydrazone groups is 1. The van der Waals surface area contributed by atoms with E-state index >= 15 is 0 Å². The van der Waals surface area contributed by atoms with Gasteiger partial charge in [-0.1, -0.05) is 12.1 Å². The Morgan fingerprint density at radius 1 is 1.22 bits per heavy atom. The average molecular weight is 442 g/mol. The van der Waals surface area contributed by atoms with Gasteiger partial charge in [0.15, 0.2) is 0 Å². The Balaban J connectivity index is 1.67. The van der Waals surface area contributed by atoms with Crippen molar-refractivity contribution < 1.29 is 23.9 Å². The summed E-state index contributed by atoms with van der Waals surface area (Å²) in [5.41, 5.74) is 1.56. The van der Waals surface area contributed by atoms with Crippen molar-refractivity contribution in [3.05, 3.63) is 41.5 Å². The van der Waals surface area contributed by atoms with Gasteiger partial charge in [0.1, 0.15) is 5.60 Å². The number of anilines is 1. The molecule has 0 saturated carbocycles. The molecule has 8 nitrogen and oxygen atoms in total. The number of hydrogen-bond acceptors (Lipinski definition) is 6. The molecule has 1 aromatic carbocycles. The van der Waals surface area contributed by atoms with Crippen LogP contribution in [0.3, 0.4) is 0 Å². The van der Waals surface area contributed by atoms with Crippen molar-refractivity contribution in [3.63, 3.8) is 0 Å². The molecule has 0 unspecified atom stereocenters. The van der Waals surface area contributed by atoms with Crippen molar-refractivity contribution in [2.45, 2.75) is 53.1 Å². The summed E-state index contributed by atoms with van der Waals surface area (Å²) in [5, 5.41) is 5.73. The van der Waals surface area contributed by atoms with Crippen molar-refractivity contribution in [1.29, 1.82) is 0 Å². The molecule has 2 aliphatic rings. The number of piperidine rings is 1. The van der Waals surface area contributed by atoms with Crippen LogP contribution in [0, 0.1) is 5.92 Å². The Labute approximate surface area is 188 Å². The Hall–Kier alpha value is -3.16. The van der Waals surface area contributed by atoms with Gasteiger partial charge in [-0.3, -0.25) is 4.79 Å². The number of ether oxygens (including phenoxy) is 2. The maximum atomic E-state index is 13.1. The first-order valence-electron chi connectivity index (χ1n) is 11.0. The van der Waals surface area contributed by atoms with Crippen molar-refractivity contribution in [1.82, 2.24) is 4.90 Å². The fraction of sp³-hybridized carbons (Fsp3) is 0.500. The van der Waals surface area contributed by atoms with Crippen LogP contribution in [0.5, 0.6) is 0 Å². The number of allylic oxidation sites excluding steroid dienone is 1. The van der Waals surface area contributed by atoms with Gasteiger partial charge >= 0.3 is 12.1 Å². The molecule has 0 spiro atoms. The lowest BCUT2D eigenvalue weighted by Gasteiger charge is -2.32. The van der Waals surface area contributed by atoms with Crippen LogP contribution in [-0.4, -0.2) is 53.9 Å². The molecule has 0 radical (unpaired) electrons. The van der Waals surface area contributed by atoms with Gasteiger partial charge in [0.25, 0.3) is 5.91 Å². The molecule has 32 heavy (non-hydrogen) atoms. The van der Waals surface area contributed by atoms with Crippen LogP contribution >= 0.6 is 0 Å². The lowest BCUT2D eigenvalue weighted by Crippen LogP contribution is -2.41. The number of nitrogens with zero attached hydrogens (tertiary/aromatic N) is 3. The highest BCUT2D eigenvalue weighted by Crippen LogP contribution is 2.28. The number of rotatable bonds is 4. The molecule has 2 aliphatic heterocycles. The molecule has 1 saturated heterocycles. The van der Waals surface area contributed by atoms with E-state index in [2.05, 4.69) is 5.10 Å². The van der Waals surface area contributed by atoms with Gasteiger partial charge in [0.05, 0.1) is 29.1 Å².